The van der Waals surface area contributed by atoms with Gasteiger partial charge in [-0.15, -0.1) is 11.8 Å². The van der Waals surface area contributed by atoms with Crippen LogP contribution in [0.3, 0.4) is 0 Å². The van der Waals surface area contributed by atoms with Crippen molar-refractivity contribution in [2.45, 2.75) is 41.6 Å². The van der Waals surface area contributed by atoms with Gasteiger partial charge in [0.25, 0.3) is 0 Å². The van der Waals surface area contributed by atoms with Crippen molar-refractivity contribution in [1.29, 1.82) is 0 Å². The number of benzene rings is 3. The van der Waals surface area contributed by atoms with Gasteiger partial charge in [0.15, 0.2) is 9.84 Å². The van der Waals surface area contributed by atoms with Gasteiger partial charge >= 0.3 is 0 Å². The lowest BCUT2D eigenvalue weighted by molar-refractivity contribution is -0.126. The Kier molecular flexibility index (Phi) is 8.26. The van der Waals surface area contributed by atoms with Crippen LogP contribution < -0.4 is 14.8 Å². The molecule has 0 aliphatic carbocycles. The second kappa shape index (κ2) is 11.8. The molecule has 3 aromatic carbocycles. The van der Waals surface area contributed by atoms with Crippen molar-refractivity contribution >= 4 is 27.5 Å². The number of nitrogens with one attached hydrogen (secondary N) is 1. The molecule has 0 saturated carbocycles. The van der Waals surface area contributed by atoms with E-state index in [2.05, 4.69) is 10.2 Å². The average molecular weight is 553 g/mol. The van der Waals surface area contributed by atoms with Crippen LogP contribution in [0, 0.1) is 0 Å². The van der Waals surface area contributed by atoms with E-state index in [1.165, 1.54) is 0 Å². The minimum absolute atomic E-state index is 0.0222. The molecule has 1 N–H and O–H groups in total. The molecular weight excluding hydrogens is 520 g/mol. The summed E-state index contributed by atoms with van der Waals surface area (Å²) in [6, 6.07) is 24.9. The molecule has 38 heavy (non-hydrogen) atoms. The van der Waals surface area contributed by atoms with Crippen molar-refractivity contribution < 1.29 is 22.7 Å². The molecule has 2 aliphatic heterocycles. The molecule has 3 atom stereocenters. The van der Waals surface area contributed by atoms with Gasteiger partial charge < -0.3 is 14.8 Å². The largest absolute Gasteiger partial charge is 0.497 e. The van der Waals surface area contributed by atoms with Crippen molar-refractivity contribution in [2.24, 2.45) is 0 Å². The predicted molar refractivity (Wildman–Crippen MR) is 150 cm³/mol. The Morgan fingerprint density at radius 3 is 2.47 bits per heavy atom. The fraction of sp³-hybridized carbons (Fsp3) is 0.345. The van der Waals surface area contributed by atoms with Gasteiger partial charge in [-0.25, -0.2) is 8.42 Å². The summed E-state index contributed by atoms with van der Waals surface area (Å²) in [7, 11) is -1.42. The number of para-hydroxylation sites is 1. The normalized spacial score (nSPS) is 22.7. The monoisotopic (exact) mass is 552 g/mol. The van der Waals surface area contributed by atoms with Gasteiger partial charge in [0.2, 0.25) is 5.91 Å². The minimum Gasteiger partial charge on any atom is -0.497 e. The maximum absolute atomic E-state index is 13.4. The molecular formula is C29H32N2O5S2. The number of carbonyl (C=O) groups excluding carboxylic acids is 1. The van der Waals surface area contributed by atoms with Gasteiger partial charge in [-0.3, -0.25) is 9.69 Å². The van der Waals surface area contributed by atoms with Crippen LogP contribution in [0.25, 0.3) is 0 Å². The summed E-state index contributed by atoms with van der Waals surface area (Å²) in [6.07, 6.45) is 1.16. The first-order valence-electron chi connectivity index (χ1n) is 12.7. The first-order valence-corrected chi connectivity index (χ1v) is 15.4. The maximum Gasteiger partial charge on any atom is 0.237 e. The second-order valence-corrected chi connectivity index (χ2v) is 13.4. The Bertz CT molecular complexity index is 1350. The lowest BCUT2D eigenvalue weighted by Gasteiger charge is -2.25. The lowest BCUT2D eigenvalue weighted by atomic mass is 10.1. The zero-order chi connectivity index (χ0) is 26.5. The third kappa shape index (κ3) is 6.89. The van der Waals surface area contributed by atoms with Gasteiger partial charge in [0.1, 0.15) is 17.2 Å². The van der Waals surface area contributed by atoms with E-state index in [1.54, 1.807) is 18.9 Å². The second-order valence-electron chi connectivity index (χ2n) is 9.77. The molecule has 2 fully saturated rings. The fourth-order valence-corrected chi connectivity index (χ4v) is 7.91. The molecule has 0 bridgehead atoms. The van der Waals surface area contributed by atoms with Crippen LogP contribution in [0.5, 0.6) is 17.2 Å². The van der Waals surface area contributed by atoms with Crippen molar-refractivity contribution in [3.8, 4) is 17.2 Å². The number of likely N-dealkylation sites (tertiary alicyclic amines) is 1. The third-order valence-corrected chi connectivity index (χ3v) is 9.86. The van der Waals surface area contributed by atoms with E-state index in [0.717, 1.165) is 34.3 Å². The number of methoxy groups -OCH3 is 1. The molecule has 200 valence electrons. The van der Waals surface area contributed by atoms with Crippen molar-refractivity contribution in [3.05, 3.63) is 84.4 Å². The minimum atomic E-state index is -3.07. The van der Waals surface area contributed by atoms with Crippen LogP contribution in [0.4, 0.5) is 0 Å². The van der Waals surface area contributed by atoms with Gasteiger partial charge in [0.05, 0.1) is 24.7 Å². The molecule has 0 aromatic heterocycles. The molecule has 3 aromatic rings. The highest BCUT2D eigenvalue weighted by Crippen LogP contribution is 2.35. The molecule has 0 unspecified atom stereocenters. The number of rotatable bonds is 9. The van der Waals surface area contributed by atoms with Gasteiger partial charge in [-0.05, 0) is 66.9 Å². The molecule has 5 rings (SSSR count). The Morgan fingerprint density at radius 2 is 1.76 bits per heavy atom. The molecule has 1 amide bonds. The van der Waals surface area contributed by atoms with Crippen LogP contribution in [0.2, 0.25) is 0 Å². The molecule has 2 saturated heterocycles. The van der Waals surface area contributed by atoms with Gasteiger partial charge in [-0.1, -0.05) is 30.3 Å². The van der Waals surface area contributed by atoms with E-state index in [9.17, 15) is 13.2 Å². The molecule has 2 heterocycles. The topological polar surface area (TPSA) is 84.9 Å². The van der Waals surface area contributed by atoms with E-state index in [-0.39, 0.29) is 34.7 Å². The Hall–Kier alpha value is -3.01. The number of thioether (sulfide) groups is 1. The Labute approximate surface area is 228 Å². The van der Waals surface area contributed by atoms with Crippen LogP contribution in [-0.4, -0.2) is 61.7 Å². The van der Waals surface area contributed by atoms with E-state index in [1.807, 2.05) is 78.9 Å². The van der Waals surface area contributed by atoms with Gasteiger partial charge in [-0.2, -0.15) is 0 Å². The zero-order valence-corrected chi connectivity index (χ0v) is 22.9. The summed E-state index contributed by atoms with van der Waals surface area (Å²) in [6.45, 7) is 1.33. The van der Waals surface area contributed by atoms with E-state index in [0.29, 0.717) is 19.4 Å². The zero-order valence-electron chi connectivity index (χ0n) is 21.3. The quantitative estimate of drug-likeness (QED) is 0.418. The molecule has 0 radical (unpaired) electrons. The molecule has 7 nitrogen and oxygen atoms in total. The number of nitrogens with zero attached hydrogens (tertiary/aromatic N) is 1. The average Bonchev–Trinajstić information content (AvgIpc) is 3.46. The summed E-state index contributed by atoms with van der Waals surface area (Å²) < 4.78 is 35.1. The van der Waals surface area contributed by atoms with Gasteiger partial charge in [0, 0.05) is 29.3 Å². The van der Waals surface area contributed by atoms with Crippen molar-refractivity contribution in [2.75, 3.05) is 25.2 Å². The highest BCUT2D eigenvalue weighted by atomic mass is 32.2. The van der Waals surface area contributed by atoms with Crippen LogP contribution in [-0.2, 0) is 21.2 Å². The third-order valence-electron chi connectivity index (χ3n) is 6.87. The Morgan fingerprint density at radius 1 is 1.00 bits per heavy atom. The standard InChI is InChI=1S/C29H32N2O5S2/c1-35-23-10-12-26(13-11-23)37-27-17-28(29(32)30-22-14-15-38(33,34)20-22)31(19-27)18-21-6-5-9-25(16-21)36-24-7-3-2-4-8-24/h2-13,16,22,27-28H,14-15,17-20H2,1H3,(H,30,32)/t22-,27-,28+/m1/s1. The molecule has 9 heteroatoms. The molecule has 2 aliphatic rings. The number of amides is 1. The summed E-state index contributed by atoms with van der Waals surface area (Å²) in [5.41, 5.74) is 1.05. The fourth-order valence-electron chi connectivity index (χ4n) is 5.01. The van der Waals surface area contributed by atoms with Crippen LogP contribution >= 0.6 is 11.8 Å². The van der Waals surface area contributed by atoms with E-state index in [4.69, 9.17) is 9.47 Å². The lowest BCUT2D eigenvalue weighted by Crippen LogP contribution is -2.47. The van der Waals surface area contributed by atoms with Crippen molar-refractivity contribution in [3.63, 3.8) is 0 Å². The first kappa shape index (κ1) is 26.6. The SMILES string of the molecule is COc1ccc(S[C@@H]2C[C@@H](C(=O)N[C@@H]3CCS(=O)(=O)C3)N(Cc3cccc(Oc4ccccc4)c3)C2)cc1. The van der Waals surface area contributed by atoms with E-state index < -0.39 is 9.84 Å². The van der Waals surface area contributed by atoms with E-state index >= 15 is 0 Å². The maximum atomic E-state index is 13.4. The predicted octanol–water partition coefficient (Wildman–Crippen LogP) is 4.53. The molecule has 0 spiro atoms. The van der Waals surface area contributed by atoms with Crippen molar-refractivity contribution in [1.82, 2.24) is 10.2 Å². The summed E-state index contributed by atoms with van der Waals surface area (Å²) in [5, 5.41) is 3.24. The highest BCUT2D eigenvalue weighted by molar-refractivity contribution is 8.00. The number of sulfone groups is 1. The summed E-state index contributed by atoms with van der Waals surface area (Å²) in [4.78, 5) is 16.7. The smallest absolute Gasteiger partial charge is 0.237 e. The number of carbonyl (C=O) groups is 1. The van der Waals surface area contributed by atoms with Crippen LogP contribution in [0.1, 0.15) is 18.4 Å². The van der Waals surface area contributed by atoms with Crippen LogP contribution in [0.15, 0.2) is 83.8 Å². The first-order chi connectivity index (χ1) is 18.4. The highest BCUT2D eigenvalue weighted by Gasteiger charge is 2.39. The number of ether oxygens (including phenoxy) is 2. The number of hydrogen-bond donors (Lipinski definition) is 1. The summed E-state index contributed by atoms with van der Waals surface area (Å²) in [5.74, 6) is 2.38. The summed E-state index contributed by atoms with van der Waals surface area (Å²) >= 11 is 1.76. The number of hydrogen-bond acceptors (Lipinski definition) is 7. The Balaban J connectivity index is 1.30.